The van der Waals surface area contributed by atoms with E-state index in [9.17, 15) is 9.59 Å². The molecule has 0 aliphatic carbocycles. The van der Waals surface area contributed by atoms with Crippen LogP contribution in [0, 0.1) is 0 Å². The second-order valence-corrected chi connectivity index (χ2v) is 10.2. The number of para-hydroxylation sites is 1. The molecule has 5 rings (SSSR count). The number of aromatic nitrogens is 2. The maximum Gasteiger partial charge on any atom is 0.343 e. The molecule has 0 N–H and O–H groups in total. The number of ether oxygens (including phenoxy) is 2. The third-order valence-corrected chi connectivity index (χ3v) is 6.79. The van der Waals surface area contributed by atoms with Crippen molar-refractivity contribution in [3.8, 4) is 22.9 Å². The average molecular weight is 647 g/mol. The molecule has 0 aliphatic rings. The van der Waals surface area contributed by atoms with E-state index in [1.54, 1.807) is 66.9 Å². The maximum atomic E-state index is 13.4. The van der Waals surface area contributed by atoms with Crippen LogP contribution in [-0.4, -0.2) is 28.5 Å². The molecule has 0 saturated carbocycles. The van der Waals surface area contributed by atoms with Crippen molar-refractivity contribution in [1.82, 2.24) is 9.66 Å². The third-order valence-electron chi connectivity index (χ3n) is 5.73. The fourth-order valence-corrected chi connectivity index (χ4v) is 4.37. The molecular formula is C30H21Br2N3O4. The van der Waals surface area contributed by atoms with Crippen LogP contribution in [-0.2, 0) is 0 Å². The number of carbonyl (C=O) groups is 1. The molecule has 39 heavy (non-hydrogen) atoms. The van der Waals surface area contributed by atoms with Crippen molar-refractivity contribution in [2.24, 2.45) is 5.10 Å². The molecule has 5 aromatic rings. The summed E-state index contributed by atoms with van der Waals surface area (Å²) in [5.74, 6) is 0.566. The lowest BCUT2D eigenvalue weighted by Gasteiger charge is -2.12. The minimum absolute atomic E-state index is 0.280. The summed E-state index contributed by atoms with van der Waals surface area (Å²) in [7, 11) is 0. The summed E-state index contributed by atoms with van der Waals surface area (Å²) in [5.41, 5.74) is 2.09. The zero-order chi connectivity index (χ0) is 27.4. The number of hydrogen-bond donors (Lipinski definition) is 0. The zero-order valence-corrected chi connectivity index (χ0v) is 23.8. The van der Waals surface area contributed by atoms with Gasteiger partial charge in [-0.25, -0.2) is 9.78 Å². The molecule has 0 spiro atoms. The van der Waals surface area contributed by atoms with Crippen molar-refractivity contribution in [2.75, 3.05) is 6.61 Å². The fraction of sp³-hybridized carbons (Fsp3) is 0.0667. The monoisotopic (exact) mass is 645 g/mol. The average Bonchev–Trinajstić information content (AvgIpc) is 2.94. The first kappa shape index (κ1) is 26.5. The molecule has 0 aliphatic heterocycles. The molecular weight excluding hydrogens is 626 g/mol. The van der Waals surface area contributed by atoms with Crippen LogP contribution in [0.2, 0.25) is 0 Å². The molecule has 9 heteroatoms. The van der Waals surface area contributed by atoms with Gasteiger partial charge >= 0.3 is 5.97 Å². The van der Waals surface area contributed by atoms with E-state index in [-0.39, 0.29) is 11.3 Å². The molecule has 1 aromatic heterocycles. The molecule has 0 amide bonds. The predicted molar refractivity (Wildman–Crippen MR) is 159 cm³/mol. The van der Waals surface area contributed by atoms with Gasteiger partial charge < -0.3 is 9.47 Å². The molecule has 7 nitrogen and oxygen atoms in total. The van der Waals surface area contributed by atoms with Crippen molar-refractivity contribution >= 4 is 54.9 Å². The van der Waals surface area contributed by atoms with Crippen LogP contribution in [0.25, 0.3) is 22.3 Å². The van der Waals surface area contributed by atoms with Crippen molar-refractivity contribution in [3.05, 3.63) is 121 Å². The lowest BCUT2D eigenvalue weighted by Crippen LogP contribution is -2.20. The van der Waals surface area contributed by atoms with E-state index in [1.807, 2.05) is 37.3 Å². The number of rotatable bonds is 7. The second-order valence-electron chi connectivity index (χ2n) is 8.36. The molecule has 0 bridgehead atoms. The van der Waals surface area contributed by atoms with Crippen LogP contribution in [0.1, 0.15) is 22.8 Å². The van der Waals surface area contributed by atoms with Gasteiger partial charge in [0.2, 0.25) is 0 Å². The highest BCUT2D eigenvalue weighted by atomic mass is 79.9. The van der Waals surface area contributed by atoms with E-state index < -0.39 is 5.97 Å². The van der Waals surface area contributed by atoms with Gasteiger partial charge in [0.1, 0.15) is 0 Å². The summed E-state index contributed by atoms with van der Waals surface area (Å²) < 4.78 is 14.4. The van der Waals surface area contributed by atoms with Gasteiger partial charge in [0.25, 0.3) is 5.56 Å². The minimum Gasteiger partial charge on any atom is -0.490 e. The highest BCUT2D eigenvalue weighted by Gasteiger charge is 2.15. The number of nitrogens with zero attached hydrogens (tertiary/aromatic N) is 3. The van der Waals surface area contributed by atoms with Crippen LogP contribution in [0.5, 0.6) is 11.5 Å². The first-order valence-corrected chi connectivity index (χ1v) is 13.6. The number of halogens is 2. The van der Waals surface area contributed by atoms with Crippen LogP contribution in [0.15, 0.2) is 110 Å². The van der Waals surface area contributed by atoms with Crippen LogP contribution in [0.4, 0.5) is 0 Å². The van der Waals surface area contributed by atoms with Crippen molar-refractivity contribution < 1.29 is 14.3 Å². The molecule has 1 heterocycles. The van der Waals surface area contributed by atoms with Gasteiger partial charge in [0.05, 0.1) is 29.3 Å². The van der Waals surface area contributed by atoms with Crippen LogP contribution in [0.3, 0.4) is 0 Å². The number of esters is 1. The summed E-state index contributed by atoms with van der Waals surface area (Å²) in [6, 6.07) is 26.6. The van der Waals surface area contributed by atoms with Crippen LogP contribution >= 0.6 is 31.9 Å². The summed E-state index contributed by atoms with van der Waals surface area (Å²) in [4.78, 5) is 30.8. The van der Waals surface area contributed by atoms with E-state index in [0.29, 0.717) is 40.2 Å². The Morgan fingerprint density at radius 3 is 2.33 bits per heavy atom. The molecule has 0 atom stereocenters. The highest BCUT2D eigenvalue weighted by Crippen LogP contribution is 2.29. The number of carbonyl (C=O) groups excluding carboxylic acids is 1. The summed E-state index contributed by atoms with van der Waals surface area (Å²) in [6.45, 7) is 2.21. The van der Waals surface area contributed by atoms with Gasteiger partial charge in [0.15, 0.2) is 17.3 Å². The third kappa shape index (κ3) is 6.00. The zero-order valence-electron chi connectivity index (χ0n) is 20.7. The van der Waals surface area contributed by atoms with Crippen molar-refractivity contribution in [3.63, 3.8) is 0 Å². The summed E-state index contributed by atoms with van der Waals surface area (Å²) in [5, 5.41) is 4.97. The molecule has 0 fully saturated rings. The Labute approximate surface area is 241 Å². The van der Waals surface area contributed by atoms with Gasteiger partial charge in [-0.05, 0) is 79.2 Å². The highest BCUT2D eigenvalue weighted by molar-refractivity contribution is 9.10. The summed E-state index contributed by atoms with van der Waals surface area (Å²) >= 11 is 6.80. The molecule has 0 saturated heterocycles. The molecule has 0 radical (unpaired) electrons. The smallest absolute Gasteiger partial charge is 0.343 e. The van der Waals surface area contributed by atoms with E-state index in [0.717, 1.165) is 14.5 Å². The Morgan fingerprint density at radius 1 is 0.923 bits per heavy atom. The van der Waals surface area contributed by atoms with Crippen molar-refractivity contribution in [1.29, 1.82) is 0 Å². The lowest BCUT2D eigenvalue weighted by atomic mass is 10.2. The Kier molecular flexibility index (Phi) is 7.99. The van der Waals surface area contributed by atoms with Gasteiger partial charge in [-0.1, -0.05) is 56.1 Å². The van der Waals surface area contributed by atoms with E-state index in [4.69, 9.17) is 14.5 Å². The quantitative estimate of drug-likeness (QED) is 0.107. The van der Waals surface area contributed by atoms with Gasteiger partial charge in [-0.3, -0.25) is 4.79 Å². The second kappa shape index (κ2) is 11.8. The van der Waals surface area contributed by atoms with E-state index in [1.165, 1.54) is 4.68 Å². The lowest BCUT2D eigenvalue weighted by molar-refractivity contribution is 0.0728. The fourth-order valence-electron chi connectivity index (χ4n) is 3.84. The van der Waals surface area contributed by atoms with E-state index in [2.05, 4.69) is 37.0 Å². The first-order chi connectivity index (χ1) is 18.9. The largest absolute Gasteiger partial charge is 0.490 e. The molecule has 4 aromatic carbocycles. The maximum absolute atomic E-state index is 13.4. The Morgan fingerprint density at radius 2 is 1.62 bits per heavy atom. The Hall–Kier alpha value is -4.08. The molecule has 194 valence electrons. The van der Waals surface area contributed by atoms with Gasteiger partial charge in [-0.2, -0.15) is 9.78 Å². The number of hydrogen-bond acceptors (Lipinski definition) is 6. The Bertz CT molecular complexity index is 1750. The van der Waals surface area contributed by atoms with Gasteiger partial charge in [0, 0.05) is 14.5 Å². The van der Waals surface area contributed by atoms with Gasteiger partial charge in [-0.15, -0.1) is 0 Å². The standard InChI is InChI=1S/C30H21Br2N3O4/c1-2-38-27-17-19(7-16-26(27)39-30(37)21-10-14-23(32)15-11-21)18-33-35-28(20-8-12-22(31)13-9-20)34-25-6-4-3-5-24(25)29(35)36/h3-18H,2H2,1H3. The normalized spacial score (nSPS) is 11.2. The van der Waals surface area contributed by atoms with Crippen LogP contribution < -0.4 is 15.0 Å². The number of benzene rings is 4. The van der Waals surface area contributed by atoms with Crippen molar-refractivity contribution in [2.45, 2.75) is 6.92 Å². The molecule has 0 unspecified atom stereocenters. The van der Waals surface area contributed by atoms with E-state index >= 15 is 0 Å². The predicted octanol–water partition coefficient (Wildman–Crippen LogP) is 7.09. The Balaban J connectivity index is 1.51. The summed E-state index contributed by atoms with van der Waals surface area (Å²) in [6.07, 6.45) is 1.54. The topological polar surface area (TPSA) is 82.8 Å². The SMILES string of the molecule is CCOc1cc(C=Nn2c(-c3ccc(Br)cc3)nc3ccccc3c2=O)ccc1OC(=O)c1ccc(Br)cc1. The minimum atomic E-state index is -0.502. The number of fused-ring (bicyclic) bond motifs is 1. The first-order valence-electron chi connectivity index (χ1n) is 12.0.